The summed E-state index contributed by atoms with van der Waals surface area (Å²) in [6.07, 6.45) is 0.426. The van der Waals surface area contributed by atoms with E-state index in [1.54, 1.807) is 11.3 Å². The molecule has 0 spiro atoms. The Balaban J connectivity index is 2.22. The highest BCUT2D eigenvalue weighted by molar-refractivity contribution is 7.12. The molecule has 0 saturated carbocycles. The number of benzene rings is 1. The molecule has 0 unspecified atom stereocenters. The van der Waals surface area contributed by atoms with Crippen LogP contribution in [-0.2, 0) is 11.2 Å². The lowest BCUT2D eigenvalue weighted by Gasteiger charge is -2.22. The number of carbonyl (C=O) groups is 1. The highest BCUT2D eigenvalue weighted by atomic mass is 32.1. The highest BCUT2D eigenvalue weighted by Crippen LogP contribution is 2.30. The molecule has 0 aliphatic rings. The van der Waals surface area contributed by atoms with Crippen molar-refractivity contribution < 1.29 is 4.79 Å². The predicted octanol–water partition coefficient (Wildman–Crippen LogP) is 3.69. The zero-order chi connectivity index (χ0) is 18.6. The van der Waals surface area contributed by atoms with Crippen LogP contribution in [0.25, 0.3) is 11.3 Å². The maximum absolute atomic E-state index is 12.8. The molecule has 136 valence electrons. The summed E-state index contributed by atoms with van der Waals surface area (Å²) in [5, 5.41) is 1.01. The van der Waals surface area contributed by atoms with Crippen LogP contribution in [0, 0.1) is 20.8 Å². The highest BCUT2D eigenvalue weighted by Gasteiger charge is 2.18. The average Bonchev–Trinajstić information content (AvgIpc) is 2.90. The van der Waals surface area contributed by atoms with Crippen LogP contribution < -0.4 is 0 Å². The van der Waals surface area contributed by atoms with E-state index in [4.69, 9.17) is 4.98 Å². The Bertz CT molecular complexity index is 737. The van der Waals surface area contributed by atoms with Gasteiger partial charge in [0.05, 0.1) is 17.1 Å². The molecule has 2 rings (SSSR count). The molecule has 2 aromatic rings. The molecule has 1 aromatic heterocycles. The largest absolute Gasteiger partial charge is 0.341 e. The third-order valence-corrected chi connectivity index (χ3v) is 5.42. The summed E-state index contributed by atoms with van der Waals surface area (Å²) in [6, 6.07) is 6.40. The normalized spacial score (nSPS) is 11.2. The summed E-state index contributed by atoms with van der Waals surface area (Å²) >= 11 is 1.63. The van der Waals surface area contributed by atoms with Crippen molar-refractivity contribution in [3.63, 3.8) is 0 Å². The fourth-order valence-electron chi connectivity index (χ4n) is 2.73. The van der Waals surface area contributed by atoms with Gasteiger partial charge in [-0.1, -0.05) is 12.1 Å². The first kappa shape index (κ1) is 19.6. The maximum atomic E-state index is 12.8. The number of amides is 1. The SMILES string of the molecule is CCN(CCN(C)C)C(=O)Cc1sc(C)nc1-c1ccc(C)c(C)c1. The van der Waals surface area contributed by atoms with Crippen LogP contribution in [0.4, 0.5) is 0 Å². The smallest absolute Gasteiger partial charge is 0.227 e. The van der Waals surface area contributed by atoms with Crippen molar-refractivity contribution in [1.29, 1.82) is 0 Å². The topological polar surface area (TPSA) is 36.4 Å². The van der Waals surface area contributed by atoms with E-state index in [1.807, 2.05) is 32.8 Å². The van der Waals surface area contributed by atoms with Crippen LogP contribution >= 0.6 is 11.3 Å². The lowest BCUT2D eigenvalue weighted by atomic mass is 10.0. The van der Waals surface area contributed by atoms with Gasteiger partial charge in [-0.2, -0.15) is 0 Å². The van der Waals surface area contributed by atoms with Crippen molar-refractivity contribution in [2.45, 2.75) is 34.1 Å². The van der Waals surface area contributed by atoms with Gasteiger partial charge in [-0.25, -0.2) is 4.98 Å². The number of hydrogen-bond acceptors (Lipinski definition) is 4. The Labute approximate surface area is 155 Å². The van der Waals surface area contributed by atoms with E-state index in [-0.39, 0.29) is 5.91 Å². The molecule has 25 heavy (non-hydrogen) atoms. The van der Waals surface area contributed by atoms with Crippen LogP contribution in [0.5, 0.6) is 0 Å². The molecular weight excluding hydrogens is 330 g/mol. The zero-order valence-electron chi connectivity index (χ0n) is 16.2. The first-order valence-electron chi connectivity index (χ1n) is 8.78. The second-order valence-electron chi connectivity index (χ2n) is 6.76. The first-order chi connectivity index (χ1) is 11.8. The van der Waals surface area contributed by atoms with Gasteiger partial charge in [0, 0.05) is 30.1 Å². The van der Waals surface area contributed by atoms with Gasteiger partial charge < -0.3 is 9.80 Å². The van der Waals surface area contributed by atoms with Crippen LogP contribution in [0.15, 0.2) is 18.2 Å². The van der Waals surface area contributed by atoms with Gasteiger partial charge in [0.25, 0.3) is 0 Å². The van der Waals surface area contributed by atoms with E-state index in [0.717, 1.165) is 40.8 Å². The molecule has 0 radical (unpaired) electrons. The van der Waals surface area contributed by atoms with Crippen LogP contribution in [0.1, 0.15) is 27.9 Å². The average molecular weight is 360 g/mol. The summed E-state index contributed by atoms with van der Waals surface area (Å²) in [7, 11) is 4.06. The summed E-state index contributed by atoms with van der Waals surface area (Å²) in [4.78, 5) is 22.6. The molecule has 1 aromatic carbocycles. The van der Waals surface area contributed by atoms with Crippen LogP contribution in [-0.4, -0.2) is 54.4 Å². The predicted molar refractivity (Wildman–Crippen MR) is 106 cm³/mol. The zero-order valence-corrected chi connectivity index (χ0v) is 17.0. The minimum atomic E-state index is 0.179. The number of aryl methyl sites for hydroxylation is 3. The summed E-state index contributed by atoms with van der Waals surface area (Å²) in [6.45, 7) is 10.7. The number of likely N-dealkylation sites (N-methyl/N-ethyl adjacent to an activating group) is 2. The molecule has 0 aliphatic carbocycles. The standard InChI is InChI=1S/C20H29N3OS/c1-7-23(11-10-22(5)6)19(24)13-18-20(21-16(4)25-18)17-9-8-14(2)15(3)12-17/h8-9,12H,7,10-11,13H2,1-6H3. The van der Waals surface area contributed by atoms with E-state index < -0.39 is 0 Å². The lowest BCUT2D eigenvalue weighted by molar-refractivity contribution is -0.130. The van der Waals surface area contributed by atoms with Crippen molar-refractivity contribution in [3.05, 3.63) is 39.2 Å². The third-order valence-electron chi connectivity index (χ3n) is 4.45. The minimum absolute atomic E-state index is 0.179. The van der Waals surface area contributed by atoms with Crippen LogP contribution in [0.3, 0.4) is 0 Å². The number of aromatic nitrogens is 1. The molecule has 4 nitrogen and oxygen atoms in total. The van der Waals surface area contributed by atoms with E-state index in [2.05, 4.69) is 36.9 Å². The van der Waals surface area contributed by atoms with Crippen molar-refractivity contribution in [1.82, 2.24) is 14.8 Å². The number of hydrogen-bond donors (Lipinski definition) is 0. The monoisotopic (exact) mass is 359 g/mol. The fraction of sp³-hybridized carbons (Fsp3) is 0.500. The van der Waals surface area contributed by atoms with Gasteiger partial charge in [-0.05, 0) is 59.0 Å². The molecular formula is C20H29N3OS. The molecule has 0 bridgehead atoms. The van der Waals surface area contributed by atoms with Gasteiger partial charge in [-0.15, -0.1) is 11.3 Å². The molecule has 0 fully saturated rings. The Morgan fingerprint density at radius 3 is 2.44 bits per heavy atom. The van der Waals surface area contributed by atoms with Gasteiger partial charge in [0.2, 0.25) is 5.91 Å². The molecule has 0 N–H and O–H groups in total. The van der Waals surface area contributed by atoms with Crippen molar-refractivity contribution in [2.24, 2.45) is 0 Å². The molecule has 0 atom stereocenters. The quantitative estimate of drug-likeness (QED) is 0.756. The fourth-order valence-corrected chi connectivity index (χ4v) is 3.68. The molecule has 5 heteroatoms. The van der Waals surface area contributed by atoms with Gasteiger partial charge in [-0.3, -0.25) is 4.79 Å². The third kappa shape index (κ3) is 5.13. The number of nitrogens with zero attached hydrogens (tertiary/aromatic N) is 3. The van der Waals surface area contributed by atoms with E-state index >= 15 is 0 Å². The van der Waals surface area contributed by atoms with Crippen molar-refractivity contribution in [2.75, 3.05) is 33.7 Å². The molecule has 1 amide bonds. The molecule has 0 saturated heterocycles. The van der Waals surface area contributed by atoms with E-state index in [0.29, 0.717) is 6.42 Å². The molecule has 1 heterocycles. The second kappa shape index (κ2) is 8.59. The Morgan fingerprint density at radius 2 is 1.84 bits per heavy atom. The lowest BCUT2D eigenvalue weighted by Crippen LogP contribution is -2.37. The van der Waals surface area contributed by atoms with E-state index in [9.17, 15) is 4.79 Å². The minimum Gasteiger partial charge on any atom is -0.341 e. The van der Waals surface area contributed by atoms with Crippen molar-refractivity contribution in [3.8, 4) is 11.3 Å². The molecule has 0 aliphatic heterocycles. The van der Waals surface area contributed by atoms with Gasteiger partial charge in [0.15, 0.2) is 0 Å². The number of carbonyl (C=O) groups excluding carboxylic acids is 1. The second-order valence-corrected chi connectivity index (χ2v) is 8.04. The number of rotatable bonds is 7. The van der Waals surface area contributed by atoms with Gasteiger partial charge in [0.1, 0.15) is 0 Å². The number of thiazole rings is 1. The summed E-state index contributed by atoms with van der Waals surface area (Å²) in [5.41, 5.74) is 4.59. The van der Waals surface area contributed by atoms with Gasteiger partial charge >= 0.3 is 0 Å². The first-order valence-corrected chi connectivity index (χ1v) is 9.60. The summed E-state index contributed by atoms with van der Waals surface area (Å²) in [5.74, 6) is 0.179. The van der Waals surface area contributed by atoms with Crippen LogP contribution in [0.2, 0.25) is 0 Å². The Morgan fingerprint density at radius 1 is 1.12 bits per heavy atom. The summed E-state index contributed by atoms with van der Waals surface area (Å²) < 4.78 is 0. The Kier molecular flexibility index (Phi) is 6.73. The maximum Gasteiger partial charge on any atom is 0.227 e. The van der Waals surface area contributed by atoms with E-state index in [1.165, 1.54) is 11.1 Å². The Hall–Kier alpha value is -1.72. The van der Waals surface area contributed by atoms with Crippen molar-refractivity contribution >= 4 is 17.2 Å².